The molecular weight excluding hydrogens is 347 g/mol. The average Bonchev–Trinajstić information content (AvgIpc) is 3.14. The fourth-order valence-corrected chi connectivity index (χ4v) is 3.28. The first-order chi connectivity index (χ1) is 13.2. The van der Waals surface area contributed by atoms with Crippen molar-refractivity contribution in [3.8, 4) is 17.3 Å². The smallest absolute Gasteiger partial charge is 0.226 e. The Labute approximate surface area is 155 Å². The third-order valence-corrected chi connectivity index (χ3v) is 4.61. The molecule has 4 rings (SSSR count). The van der Waals surface area contributed by atoms with E-state index in [1.54, 1.807) is 24.7 Å². The molecule has 0 aliphatic carbocycles. The van der Waals surface area contributed by atoms with E-state index in [1.165, 1.54) is 12.3 Å². The molecule has 9 heteroatoms. The zero-order valence-corrected chi connectivity index (χ0v) is 14.7. The molecular formula is C18H17FN8. The summed E-state index contributed by atoms with van der Waals surface area (Å²) in [6.07, 6.45) is 4.71. The van der Waals surface area contributed by atoms with Gasteiger partial charge in [0.05, 0.1) is 16.9 Å². The minimum Gasteiger partial charge on any atom is -0.365 e. The van der Waals surface area contributed by atoms with E-state index in [0.717, 1.165) is 24.7 Å². The summed E-state index contributed by atoms with van der Waals surface area (Å²) < 4.78 is 15.1. The Bertz CT molecular complexity index is 983. The second kappa shape index (κ2) is 6.99. The van der Waals surface area contributed by atoms with Gasteiger partial charge in [-0.2, -0.15) is 9.65 Å². The fraction of sp³-hybridized carbons (Fsp3) is 0.278. The summed E-state index contributed by atoms with van der Waals surface area (Å²) in [7, 11) is 1.91. The topological polar surface area (TPSA) is 86.8 Å². The highest BCUT2D eigenvalue weighted by atomic mass is 19.1. The summed E-state index contributed by atoms with van der Waals surface area (Å²) in [6, 6.07) is 6.87. The van der Waals surface area contributed by atoms with Crippen molar-refractivity contribution in [1.29, 1.82) is 5.26 Å². The summed E-state index contributed by atoms with van der Waals surface area (Å²) in [6.45, 7) is 2.89. The molecule has 0 radical (unpaired) electrons. The predicted molar refractivity (Wildman–Crippen MR) is 97.6 cm³/mol. The average molecular weight is 364 g/mol. The van der Waals surface area contributed by atoms with Gasteiger partial charge < -0.3 is 14.4 Å². The Kier molecular flexibility index (Phi) is 4.38. The Morgan fingerprint density at radius 3 is 2.48 bits per heavy atom. The number of aryl methyl sites for hydroxylation is 1. The van der Waals surface area contributed by atoms with E-state index >= 15 is 0 Å². The summed E-state index contributed by atoms with van der Waals surface area (Å²) in [5.74, 6) is 0.276. The van der Waals surface area contributed by atoms with Crippen molar-refractivity contribution in [3.63, 3.8) is 0 Å². The number of hydrogen-bond donors (Lipinski definition) is 0. The van der Waals surface area contributed by atoms with Crippen LogP contribution in [0.3, 0.4) is 0 Å². The van der Waals surface area contributed by atoms with Gasteiger partial charge >= 0.3 is 0 Å². The number of piperazine rings is 1. The highest BCUT2D eigenvalue weighted by molar-refractivity contribution is 5.79. The Hall–Kier alpha value is -3.54. The van der Waals surface area contributed by atoms with E-state index in [9.17, 15) is 9.65 Å². The molecule has 27 heavy (non-hydrogen) atoms. The SMILES string of the molecule is Cn1cnnc1N1CCN(c2c(C#N)ccnc2-c2ccc(F)nc2)CC1. The van der Waals surface area contributed by atoms with Gasteiger partial charge in [-0.3, -0.25) is 4.98 Å². The Morgan fingerprint density at radius 2 is 1.85 bits per heavy atom. The lowest BCUT2D eigenvalue weighted by molar-refractivity contribution is 0.584. The summed E-state index contributed by atoms with van der Waals surface area (Å²) in [5.41, 5.74) is 2.61. The molecule has 0 amide bonds. The van der Waals surface area contributed by atoms with Crippen LogP contribution in [0.5, 0.6) is 0 Å². The van der Waals surface area contributed by atoms with E-state index in [-0.39, 0.29) is 0 Å². The van der Waals surface area contributed by atoms with Crippen molar-refractivity contribution in [2.75, 3.05) is 36.0 Å². The number of nitrogens with zero attached hydrogens (tertiary/aromatic N) is 8. The maximum atomic E-state index is 13.2. The van der Waals surface area contributed by atoms with Gasteiger partial charge in [-0.15, -0.1) is 10.2 Å². The van der Waals surface area contributed by atoms with Crippen molar-refractivity contribution in [2.24, 2.45) is 7.05 Å². The summed E-state index contributed by atoms with van der Waals surface area (Å²) >= 11 is 0. The number of hydrogen-bond acceptors (Lipinski definition) is 7. The number of rotatable bonds is 3. The Morgan fingerprint density at radius 1 is 1.07 bits per heavy atom. The van der Waals surface area contributed by atoms with Gasteiger partial charge in [-0.1, -0.05) is 0 Å². The lowest BCUT2D eigenvalue weighted by Gasteiger charge is -2.37. The maximum absolute atomic E-state index is 13.2. The molecule has 1 aliphatic heterocycles. The second-order valence-corrected chi connectivity index (χ2v) is 6.25. The highest BCUT2D eigenvalue weighted by Gasteiger charge is 2.25. The molecule has 8 nitrogen and oxygen atoms in total. The zero-order chi connectivity index (χ0) is 18.8. The predicted octanol–water partition coefficient (Wildman–Crippen LogP) is 1.61. The molecule has 0 unspecified atom stereocenters. The molecule has 3 aromatic rings. The molecule has 0 atom stereocenters. The van der Waals surface area contributed by atoms with Gasteiger partial charge in [0.15, 0.2) is 0 Å². The largest absolute Gasteiger partial charge is 0.365 e. The van der Waals surface area contributed by atoms with Gasteiger partial charge in [-0.25, -0.2) is 4.98 Å². The second-order valence-electron chi connectivity index (χ2n) is 6.25. The van der Waals surface area contributed by atoms with Crippen LogP contribution in [0, 0.1) is 17.3 Å². The van der Waals surface area contributed by atoms with Crippen LogP contribution in [0.2, 0.25) is 0 Å². The van der Waals surface area contributed by atoms with Gasteiger partial charge in [0.25, 0.3) is 0 Å². The normalized spacial score (nSPS) is 14.3. The lowest BCUT2D eigenvalue weighted by Crippen LogP contribution is -2.47. The first-order valence-electron chi connectivity index (χ1n) is 8.52. The summed E-state index contributed by atoms with van der Waals surface area (Å²) in [4.78, 5) is 12.5. The van der Waals surface area contributed by atoms with Crippen molar-refractivity contribution < 1.29 is 4.39 Å². The third kappa shape index (κ3) is 3.17. The number of aromatic nitrogens is 5. The quantitative estimate of drug-likeness (QED) is 0.653. The van der Waals surface area contributed by atoms with Crippen molar-refractivity contribution >= 4 is 11.6 Å². The number of halogens is 1. The number of anilines is 2. The monoisotopic (exact) mass is 364 g/mol. The zero-order valence-electron chi connectivity index (χ0n) is 14.7. The standard InChI is InChI=1S/C18H17FN8/c1-25-12-23-24-18(25)27-8-6-26(7-9-27)17-13(10-20)4-5-21-16(17)14-2-3-15(19)22-11-14/h2-5,11-12H,6-9H2,1H3. The number of nitriles is 1. The van der Waals surface area contributed by atoms with Crippen LogP contribution < -0.4 is 9.80 Å². The van der Waals surface area contributed by atoms with Gasteiger partial charge in [0, 0.05) is 51.2 Å². The van der Waals surface area contributed by atoms with Crippen molar-refractivity contribution in [2.45, 2.75) is 0 Å². The molecule has 136 valence electrons. The molecule has 4 heterocycles. The first kappa shape index (κ1) is 16.9. The minimum atomic E-state index is -0.547. The molecule has 3 aromatic heterocycles. The van der Waals surface area contributed by atoms with E-state index in [2.05, 4.69) is 36.0 Å². The van der Waals surface area contributed by atoms with Crippen LogP contribution in [-0.4, -0.2) is 50.9 Å². The Balaban J connectivity index is 1.65. The molecule has 0 aromatic carbocycles. The van der Waals surface area contributed by atoms with Gasteiger partial charge in [0.1, 0.15) is 12.4 Å². The molecule has 0 bridgehead atoms. The van der Waals surface area contributed by atoms with Crippen LogP contribution in [0.15, 0.2) is 36.9 Å². The van der Waals surface area contributed by atoms with Crippen LogP contribution >= 0.6 is 0 Å². The van der Waals surface area contributed by atoms with E-state index < -0.39 is 5.95 Å². The van der Waals surface area contributed by atoms with E-state index in [4.69, 9.17) is 0 Å². The van der Waals surface area contributed by atoms with Crippen LogP contribution in [-0.2, 0) is 7.05 Å². The van der Waals surface area contributed by atoms with Gasteiger partial charge in [0.2, 0.25) is 11.9 Å². The van der Waals surface area contributed by atoms with Crippen molar-refractivity contribution in [3.05, 3.63) is 48.4 Å². The first-order valence-corrected chi connectivity index (χ1v) is 8.52. The van der Waals surface area contributed by atoms with Crippen LogP contribution in [0.25, 0.3) is 11.3 Å². The minimum absolute atomic E-state index is 0.538. The fourth-order valence-electron chi connectivity index (χ4n) is 3.28. The van der Waals surface area contributed by atoms with Gasteiger partial charge in [-0.05, 0) is 18.2 Å². The maximum Gasteiger partial charge on any atom is 0.226 e. The molecule has 1 aliphatic rings. The number of pyridine rings is 2. The molecule has 1 saturated heterocycles. The van der Waals surface area contributed by atoms with Crippen LogP contribution in [0.1, 0.15) is 5.56 Å². The van der Waals surface area contributed by atoms with Crippen molar-refractivity contribution in [1.82, 2.24) is 24.7 Å². The molecule has 0 saturated carbocycles. The highest BCUT2D eigenvalue weighted by Crippen LogP contribution is 2.32. The lowest BCUT2D eigenvalue weighted by atomic mass is 10.1. The van der Waals surface area contributed by atoms with E-state index in [1.807, 2.05) is 11.6 Å². The van der Waals surface area contributed by atoms with Crippen LogP contribution in [0.4, 0.5) is 16.0 Å². The third-order valence-electron chi connectivity index (χ3n) is 4.61. The van der Waals surface area contributed by atoms with E-state index in [0.29, 0.717) is 29.9 Å². The molecule has 0 spiro atoms. The molecule has 0 N–H and O–H groups in total. The summed E-state index contributed by atoms with van der Waals surface area (Å²) in [5, 5.41) is 17.7. The molecule has 1 fully saturated rings.